The van der Waals surface area contributed by atoms with Gasteiger partial charge in [0.05, 0.1) is 4.47 Å². The summed E-state index contributed by atoms with van der Waals surface area (Å²) in [5.74, 6) is 0.841. The van der Waals surface area contributed by atoms with Gasteiger partial charge in [0.25, 0.3) is 0 Å². The molecule has 1 aliphatic rings. The van der Waals surface area contributed by atoms with Gasteiger partial charge < -0.3 is 4.90 Å². The van der Waals surface area contributed by atoms with Crippen LogP contribution in [-0.4, -0.2) is 34.6 Å². The lowest BCUT2D eigenvalue weighted by atomic mass is 10.2. The zero-order valence-electron chi connectivity index (χ0n) is 7.27. The van der Waals surface area contributed by atoms with E-state index in [9.17, 15) is 0 Å². The first-order valence-electron chi connectivity index (χ1n) is 4.05. The summed E-state index contributed by atoms with van der Waals surface area (Å²) in [7, 11) is 0. The van der Waals surface area contributed by atoms with E-state index in [1.165, 1.54) is 0 Å². The van der Waals surface area contributed by atoms with E-state index in [-0.39, 0.29) is 0 Å². The number of nitrogens with zero attached hydrogens (tertiary/aromatic N) is 3. The van der Waals surface area contributed by atoms with Gasteiger partial charge in [-0.2, -0.15) is 11.8 Å². The molecule has 0 atom stereocenters. The third kappa shape index (κ3) is 1.96. The molecule has 2 heterocycles. The van der Waals surface area contributed by atoms with Crippen LogP contribution in [0, 0.1) is 0 Å². The zero-order chi connectivity index (χ0) is 9.26. The molecular formula is C8H10BrN3S. The van der Waals surface area contributed by atoms with E-state index < -0.39 is 0 Å². The summed E-state index contributed by atoms with van der Waals surface area (Å²) in [4.78, 5) is 10.6. The van der Waals surface area contributed by atoms with Crippen LogP contribution < -0.4 is 4.90 Å². The van der Waals surface area contributed by atoms with Crippen LogP contribution in [0.2, 0.25) is 0 Å². The van der Waals surface area contributed by atoms with Crippen molar-refractivity contribution in [3.63, 3.8) is 0 Å². The van der Waals surface area contributed by atoms with Gasteiger partial charge in [-0.25, -0.2) is 9.97 Å². The molecule has 1 aromatic rings. The lowest BCUT2D eigenvalue weighted by Crippen LogP contribution is -2.49. The number of aromatic nitrogens is 2. The van der Waals surface area contributed by atoms with Crippen molar-refractivity contribution in [2.24, 2.45) is 0 Å². The highest BCUT2D eigenvalue weighted by Crippen LogP contribution is 2.23. The number of anilines is 1. The minimum Gasteiger partial charge on any atom is -0.338 e. The van der Waals surface area contributed by atoms with Crippen molar-refractivity contribution < 1.29 is 0 Å². The largest absolute Gasteiger partial charge is 0.338 e. The summed E-state index contributed by atoms with van der Waals surface area (Å²) in [5, 5.41) is 0.757. The van der Waals surface area contributed by atoms with Crippen LogP contribution in [0.4, 0.5) is 5.95 Å². The first-order valence-corrected chi connectivity index (χ1v) is 6.13. The second-order valence-corrected chi connectivity index (χ2v) is 5.02. The van der Waals surface area contributed by atoms with Crippen molar-refractivity contribution in [1.29, 1.82) is 0 Å². The topological polar surface area (TPSA) is 29.0 Å². The maximum Gasteiger partial charge on any atom is 0.225 e. The minimum absolute atomic E-state index is 0.757. The predicted molar refractivity (Wildman–Crippen MR) is 59.2 cm³/mol. The molecular weight excluding hydrogens is 250 g/mol. The van der Waals surface area contributed by atoms with Crippen molar-refractivity contribution in [2.75, 3.05) is 24.2 Å². The molecule has 13 heavy (non-hydrogen) atoms. The van der Waals surface area contributed by atoms with Gasteiger partial charge >= 0.3 is 0 Å². The smallest absolute Gasteiger partial charge is 0.225 e. The fourth-order valence-corrected chi connectivity index (χ4v) is 2.08. The Morgan fingerprint density at radius 2 is 2.08 bits per heavy atom. The molecule has 0 aliphatic carbocycles. The maximum absolute atomic E-state index is 4.23. The molecule has 70 valence electrons. The minimum atomic E-state index is 0.757. The van der Waals surface area contributed by atoms with Crippen LogP contribution in [0.3, 0.4) is 0 Å². The number of halogens is 1. The summed E-state index contributed by atoms with van der Waals surface area (Å²) in [6.45, 7) is 2.14. The molecule has 0 spiro atoms. The Bertz CT molecular complexity index is 284. The van der Waals surface area contributed by atoms with E-state index in [1.54, 1.807) is 12.4 Å². The summed E-state index contributed by atoms with van der Waals surface area (Å²) >= 11 is 5.22. The second kappa shape index (κ2) is 3.84. The molecule has 0 bridgehead atoms. The van der Waals surface area contributed by atoms with Crippen molar-refractivity contribution in [1.82, 2.24) is 9.97 Å². The van der Waals surface area contributed by atoms with Gasteiger partial charge in [0.15, 0.2) is 0 Å². The number of hydrogen-bond donors (Lipinski definition) is 0. The Morgan fingerprint density at radius 1 is 1.46 bits per heavy atom. The Morgan fingerprint density at radius 3 is 2.62 bits per heavy atom. The molecule has 0 N–H and O–H groups in total. The Balaban J connectivity index is 1.99. The molecule has 1 aromatic heterocycles. The van der Waals surface area contributed by atoms with Crippen molar-refractivity contribution >= 4 is 33.6 Å². The molecule has 0 aromatic carbocycles. The van der Waals surface area contributed by atoms with E-state index in [4.69, 9.17) is 0 Å². The predicted octanol–water partition coefficient (Wildman–Crippen LogP) is 1.79. The van der Waals surface area contributed by atoms with Gasteiger partial charge in [-0.3, -0.25) is 0 Å². The van der Waals surface area contributed by atoms with Gasteiger partial charge in [0, 0.05) is 30.7 Å². The SMILES string of the molecule is CSC1CN(c2ncc(Br)cn2)C1. The fraction of sp³-hybridized carbons (Fsp3) is 0.500. The standard InChI is InChI=1S/C8H10BrN3S/c1-13-7-4-12(5-7)8-10-2-6(9)3-11-8/h2-3,7H,4-5H2,1H3. The summed E-state index contributed by atoms with van der Waals surface area (Å²) < 4.78 is 0.929. The molecule has 1 aliphatic heterocycles. The van der Waals surface area contributed by atoms with E-state index in [1.807, 2.05) is 11.8 Å². The lowest BCUT2D eigenvalue weighted by Gasteiger charge is -2.38. The molecule has 0 unspecified atom stereocenters. The van der Waals surface area contributed by atoms with Crippen LogP contribution in [0.1, 0.15) is 0 Å². The first-order chi connectivity index (χ1) is 6.29. The highest BCUT2D eigenvalue weighted by molar-refractivity contribution is 9.10. The average Bonchev–Trinajstić information content (AvgIpc) is 2.06. The third-order valence-corrected chi connectivity index (χ3v) is 3.45. The fourth-order valence-electron chi connectivity index (χ4n) is 1.22. The van der Waals surface area contributed by atoms with Gasteiger partial charge in [-0.15, -0.1) is 0 Å². The molecule has 0 radical (unpaired) electrons. The Labute approximate surface area is 90.1 Å². The first kappa shape index (κ1) is 9.27. The van der Waals surface area contributed by atoms with Crippen molar-refractivity contribution in [2.45, 2.75) is 5.25 Å². The molecule has 1 saturated heterocycles. The molecule has 5 heteroatoms. The number of hydrogen-bond acceptors (Lipinski definition) is 4. The lowest BCUT2D eigenvalue weighted by molar-refractivity contribution is 0.617. The van der Waals surface area contributed by atoms with Crippen molar-refractivity contribution in [3.05, 3.63) is 16.9 Å². The van der Waals surface area contributed by atoms with Crippen LogP contribution in [0.25, 0.3) is 0 Å². The normalized spacial score (nSPS) is 17.2. The number of thioether (sulfide) groups is 1. The quantitative estimate of drug-likeness (QED) is 0.810. The third-order valence-electron chi connectivity index (χ3n) is 2.07. The summed E-state index contributed by atoms with van der Waals surface area (Å²) in [6.07, 6.45) is 5.72. The van der Waals surface area contributed by atoms with Gasteiger partial charge in [0.1, 0.15) is 0 Å². The summed E-state index contributed by atoms with van der Waals surface area (Å²) in [6, 6.07) is 0. The Hall–Kier alpha value is -0.290. The van der Waals surface area contributed by atoms with Crippen LogP contribution in [0.5, 0.6) is 0 Å². The van der Waals surface area contributed by atoms with Crippen LogP contribution in [-0.2, 0) is 0 Å². The summed E-state index contributed by atoms with van der Waals surface area (Å²) in [5.41, 5.74) is 0. The molecule has 3 nitrogen and oxygen atoms in total. The molecule has 1 fully saturated rings. The van der Waals surface area contributed by atoms with E-state index in [2.05, 4.69) is 37.1 Å². The Kier molecular flexibility index (Phi) is 2.74. The zero-order valence-corrected chi connectivity index (χ0v) is 9.68. The van der Waals surface area contributed by atoms with Crippen molar-refractivity contribution in [3.8, 4) is 0 Å². The van der Waals surface area contributed by atoms with E-state index in [0.717, 1.165) is 28.8 Å². The van der Waals surface area contributed by atoms with Gasteiger partial charge in [-0.05, 0) is 22.2 Å². The van der Waals surface area contributed by atoms with E-state index >= 15 is 0 Å². The highest BCUT2D eigenvalue weighted by Gasteiger charge is 2.27. The highest BCUT2D eigenvalue weighted by atomic mass is 79.9. The van der Waals surface area contributed by atoms with E-state index in [0.29, 0.717) is 0 Å². The maximum atomic E-state index is 4.23. The molecule has 0 amide bonds. The van der Waals surface area contributed by atoms with Crippen LogP contribution >= 0.6 is 27.7 Å². The monoisotopic (exact) mass is 259 g/mol. The van der Waals surface area contributed by atoms with Crippen LogP contribution in [0.15, 0.2) is 16.9 Å². The molecule has 0 saturated carbocycles. The van der Waals surface area contributed by atoms with Gasteiger partial charge in [0.2, 0.25) is 5.95 Å². The number of rotatable bonds is 2. The average molecular weight is 260 g/mol. The van der Waals surface area contributed by atoms with Gasteiger partial charge in [-0.1, -0.05) is 0 Å². The second-order valence-electron chi connectivity index (χ2n) is 2.96. The molecule has 2 rings (SSSR count).